The van der Waals surface area contributed by atoms with Crippen LogP contribution in [0.4, 0.5) is 4.79 Å². The molecule has 2 amide bonds. The van der Waals surface area contributed by atoms with Crippen molar-refractivity contribution < 1.29 is 33.3 Å². The Bertz CT molecular complexity index is 1410. The van der Waals surface area contributed by atoms with Gasteiger partial charge in [0.2, 0.25) is 0 Å². The second-order valence-corrected chi connectivity index (χ2v) is 18.0. The van der Waals surface area contributed by atoms with E-state index in [-0.39, 0.29) is 35.9 Å². The minimum Gasteiger partial charge on any atom is -0.486 e. The van der Waals surface area contributed by atoms with Gasteiger partial charge in [-0.3, -0.25) is 9.59 Å². The first kappa shape index (κ1) is 42.7. The first-order chi connectivity index (χ1) is 26.1. The minimum atomic E-state index is -0.0476. The van der Waals surface area contributed by atoms with Crippen molar-refractivity contribution in [1.82, 2.24) is 10.6 Å². The van der Waals surface area contributed by atoms with E-state index >= 15 is 0 Å². The molecule has 0 aromatic heterocycles. The lowest BCUT2D eigenvalue weighted by molar-refractivity contribution is -0.121. The maximum absolute atomic E-state index is 12.9. The number of allylic oxidation sites excluding steroid dienone is 2. The molecule has 2 saturated heterocycles. The largest absolute Gasteiger partial charge is 0.486 e. The van der Waals surface area contributed by atoms with Crippen LogP contribution in [0.5, 0.6) is 5.75 Å². The van der Waals surface area contributed by atoms with Gasteiger partial charge in [-0.1, -0.05) is 57.7 Å². The maximum atomic E-state index is 12.9. The first-order valence-electron chi connectivity index (χ1n) is 21.0. The van der Waals surface area contributed by atoms with Crippen LogP contribution in [0.25, 0.3) is 0 Å². The van der Waals surface area contributed by atoms with E-state index in [0.717, 1.165) is 62.9 Å². The van der Waals surface area contributed by atoms with Gasteiger partial charge in [0, 0.05) is 49.0 Å². The Hall–Kier alpha value is -2.40. The molecule has 9 nitrogen and oxygen atoms in total. The molecule has 4 aliphatic rings. The first-order valence-corrected chi connectivity index (χ1v) is 22.1. The summed E-state index contributed by atoms with van der Waals surface area (Å²) in [5.41, 5.74) is 5.83. The molecule has 2 fully saturated rings. The summed E-state index contributed by atoms with van der Waals surface area (Å²) in [7, 11) is 0. The molecule has 1 aromatic rings. The van der Waals surface area contributed by atoms with Gasteiger partial charge in [-0.25, -0.2) is 4.79 Å². The third kappa shape index (κ3) is 12.8. The summed E-state index contributed by atoms with van der Waals surface area (Å²) in [6.45, 7) is 12.5. The average molecular weight is 769 g/mol. The third-order valence-electron chi connectivity index (χ3n) is 11.9. The summed E-state index contributed by atoms with van der Waals surface area (Å²) in [4.78, 5) is 36.7. The molecule has 1 aromatic carbocycles. The van der Waals surface area contributed by atoms with Crippen LogP contribution >= 0.6 is 11.8 Å². The molecule has 2 aliphatic carbocycles. The Morgan fingerprint density at radius 3 is 2.31 bits per heavy atom. The molecule has 302 valence electrons. The Morgan fingerprint density at radius 2 is 1.57 bits per heavy atom. The van der Waals surface area contributed by atoms with E-state index in [9.17, 15) is 14.4 Å². The van der Waals surface area contributed by atoms with E-state index in [0.29, 0.717) is 88.2 Å². The monoisotopic (exact) mass is 768 g/mol. The van der Waals surface area contributed by atoms with Gasteiger partial charge in [0.05, 0.1) is 38.5 Å². The van der Waals surface area contributed by atoms with Crippen LogP contribution in [0.1, 0.15) is 134 Å². The van der Waals surface area contributed by atoms with Crippen LogP contribution in [0.15, 0.2) is 23.8 Å². The lowest BCUT2D eigenvalue weighted by Crippen LogP contribution is -2.38. The number of benzene rings is 1. The van der Waals surface area contributed by atoms with Crippen molar-refractivity contribution in [2.75, 3.05) is 52.0 Å². The number of rotatable bonds is 26. The van der Waals surface area contributed by atoms with E-state index < -0.39 is 0 Å². The fourth-order valence-corrected chi connectivity index (χ4v) is 10.5. The van der Waals surface area contributed by atoms with Crippen molar-refractivity contribution in [1.29, 1.82) is 0 Å². The molecule has 0 spiro atoms. The van der Waals surface area contributed by atoms with E-state index in [2.05, 4.69) is 56.5 Å². The summed E-state index contributed by atoms with van der Waals surface area (Å²) >= 11 is 1.92. The quantitative estimate of drug-likeness (QED) is 0.0551. The van der Waals surface area contributed by atoms with Crippen molar-refractivity contribution in [2.45, 2.75) is 147 Å². The summed E-state index contributed by atoms with van der Waals surface area (Å²) in [5.74, 6) is 3.36. The topological polar surface area (TPSA) is 112 Å². The van der Waals surface area contributed by atoms with Gasteiger partial charge in [-0.05, 0) is 99.2 Å². The fourth-order valence-electron chi connectivity index (χ4n) is 8.96. The molecule has 2 N–H and O–H groups in total. The lowest BCUT2D eigenvalue weighted by Gasteiger charge is -2.47. The average Bonchev–Trinajstić information content (AvgIpc) is 3.69. The van der Waals surface area contributed by atoms with Crippen LogP contribution in [-0.2, 0) is 36.6 Å². The van der Waals surface area contributed by atoms with Crippen LogP contribution in [0, 0.1) is 11.3 Å². The summed E-state index contributed by atoms with van der Waals surface area (Å²) in [6, 6.07) is 5.13. The molecular weight excluding hydrogens is 701 g/mol. The summed E-state index contributed by atoms with van der Waals surface area (Å²) in [6.07, 6.45) is 16.3. The van der Waals surface area contributed by atoms with Gasteiger partial charge < -0.3 is 29.6 Å². The van der Waals surface area contributed by atoms with Crippen molar-refractivity contribution >= 4 is 29.4 Å². The van der Waals surface area contributed by atoms with Crippen molar-refractivity contribution in [3.05, 3.63) is 40.5 Å². The second kappa shape index (κ2) is 21.8. The molecule has 3 unspecified atom stereocenters. The van der Waals surface area contributed by atoms with Crippen molar-refractivity contribution in [2.24, 2.45) is 11.3 Å². The number of Topliss-reactive ketones (excluding diaryl/α,β-unsaturated/α-hetero) is 2. The summed E-state index contributed by atoms with van der Waals surface area (Å²) < 4.78 is 23.4. The molecular formula is C44H68N2O7S. The van der Waals surface area contributed by atoms with E-state index in [1.54, 1.807) is 0 Å². The molecule has 0 bridgehead atoms. The van der Waals surface area contributed by atoms with Gasteiger partial charge in [0.15, 0.2) is 5.78 Å². The predicted octanol–water partition coefficient (Wildman–Crippen LogP) is 8.29. The predicted molar refractivity (Wildman–Crippen MR) is 217 cm³/mol. The van der Waals surface area contributed by atoms with Crippen molar-refractivity contribution in [3.63, 3.8) is 0 Å². The third-order valence-corrected chi connectivity index (χ3v) is 13.4. The molecule has 0 radical (unpaired) electrons. The number of carbonyl (C=O) groups excluding carboxylic acids is 3. The maximum Gasteiger partial charge on any atom is 0.315 e. The Balaban J connectivity index is 0.878. The zero-order valence-electron chi connectivity index (χ0n) is 33.6. The molecule has 0 saturated carbocycles. The number of amides is 2. The Morgan fingerprint density at radius 1 is 0.870 bits per heavy atom. The summed E-state index contributed by atoms with van der Waals surface area (Å²) in [5, 5.41) is 6.46. The minimum absolute atomic E-state index is 0.0476. The number of unbranched alkanes of at least 4 members (excludes halogenated alkanes) is 3. The second-order valence-electron chi connectivity index (χ2n) is 16.8. The highest BCUT2D eigenvalue weighted by atomic mass is 32.2. The molecule has 10 heteroatoms. The van der Waals surface area contributed by atoms with Crippen LogP contribution in [-0.4, -0.2) is 86.9 Å². The Labute approximate surface area is 329 Å². The molecule has 54 heavy (non-hydrogen) atoms. The van der Waals surface area contributed by atoms with Crippen LogP contribution < -0.4 is 15.4 Å². The highest BCUT2D eigenvalue weighted by molar-refractivity contribution is 8.00. The standard InChI is InChI=1S/C44H68N2O7S/c1-5-6-7-12-32-26-33-28-44(3,4)37-18-17-31(2)25-36(37)41(33)39(27-32)53-29-35(48)15-11-20-51-22-24-52-23-21-50-19-10-14-34(47)13-8-9-16-40-42-38(30-54-40)45-43(49)46-42/h17,26-27,36-38,40,42H,5-16,18-25,28-30H2,1-4H3,(H2,45,46,49)/t36-,37-,38?,40?,42?/m1/s1. The number of carbonyl (C=O) groups is 3. The number of thioether (sulfide) groups is 1. The number of ether oxygens (including phenoxy) is 4. The number of hydrogen-bond acceptors (Lipinski definition) is 8. The van der Waals surface area contributed by atoms with Gasteiger partial charge >= 0.3 is 6.03 Å². The van der Waals surface area contributed by atoms with Crippen molar-refractivity contribution in [3.8, 4) is 5.75 Å². The number of urea groups is 1. The number of hydrogen-bond donors (Lipinski definition) is 2. The molecule has 5 atom stereocenters. The highest BCUT2D eigenvalue weighted by Crippen LogP contribution is 2.55. The fraction of sp³-hybridized carbons (Fsp3) is 0.750. The number of nitrogens with one attached hydrogen (secondary N) is 2. The molecule has 2 heterocycles. The van der Waals surface area contributed by atoms with Gasteiger partial charge in [-0.15, -0.1) is 0 Å². The SMILES string of the molecule is CCCCCc1cc2c(c(OCC(=O)CCCOCCOCCOCCCC(=O)CCCCC3SCC4NC(=O)NC43)c1)[C@@H]1CC(C)=CC[C@H]1C(C)(C)C2. The van der Waals surface area contributed by atoms with Crippen LogP contribution in [0.3, 0.4) is 0 Å². The van der Waals surface area contributed by atoms with Gasteiger partial charge in [-0.2, -0.15) is 11.8 Å². The van der Waals surface area contributed by atoms with Crippen LogP contribution in [0.2, 0.25) is 0 Å². The van der Waals surface area contributed by atoms with E-state index in [1.165, 1.54) is 41.5 Å². The zero-order chi connectivity index (χ0) is 38.3. The normalized spacial score (nSPS) is 23.9. The van der Waals surface area contributed by atoms with Gasteiger partial charge in [0.1, 0.15) is 18.1 Å². The van der Waals surface area contributed by atoms with E-state index in [4.69, 9.17) is 18.9 Å². The molecule has 5 rings (SSSR count). The zero-order valence-corrected chi connectivity index (χ0v) is 34.5. The number of fused-ring (bicyclic) bond motifs is 4. The molecule has 2 aliphatic heterocycles. The lowest BCUT2D eigenvalue weighted by atomic mass is 9.57. The Kier molecular flexibility index (Phi) is 17.2. The van der Waals surface area contributed by atoms with Gasteiger partial charge in [0.25, 0.3) is 0 Å². The number of ketones is 2. The highest BCUT2D eigenvalue weighted by Gasteiger charge is 2.44. The smallest absolute Gasteiger partial charge is 0.315 e. The number of aryl methyl sites for hydroxylation is 1. The van der Waals surface area contributed by atoms with E-state index in [1.807, 2.05) is 11.8 Å².